The number of thiocarbonyl (C=S) groups is 1. The molecule has 0 saturated heterocycles. The molecule has 8 heteroatoms. The van der Waals surface area contributed by atoms with Gasteiger partial charge < -0.3 is 10.1 Å². The summed E-state index contributed by atoms with van der Waals surface area (Å²) in [6, 6.07) is 11.1. The van der Waals surface area contributed by atoms with E-state index in [1.54, 1.807) is 18.3 Å². The van der Waals surface area contributed by atoms with Crippen molar-refractivity contribution < 1.29 is 4.74 Å². The Bertz CT molecular complexity index is 786. The number of ether oxygens (including phenoxy) is 1. The summed E-state index contributed by atoms with van der Waals surface area (Å²) >= 11 is 20.5. The molecule has 2 aromatic carbocycles. The van der Waals surface area contributed by atoms with E-state index in [1.165, 1.54) is 0 Å². The lowest BCUT2D eigenvalue weighted by molar-refractivity contribution is 0.306. The SMILES string of the molecule is CCNC(=S)N/N=C\c1cc(Br)ccc1OCc1ccc(Cl)c(Cl)c1. The topological polar surface area (TPSA) is 45.7 Å². The highest BCUT2D eigenvalue weighted by atomic mass is 79.9. The van der Waals surface area contributed by atoms with Crippen LogP contribution in [0.1, 0.15) is 18.1 Å². The number of benzene rings is 2. The Balaban J connectivity index is 2.08. The van der Waals surface area contributed by atoms with Crippen molar-refractivity contribution in [1.29, 1.82) is 0 Å². The number of hydrazone groups is 1. The number of hydrogen-bond donors (Lipinski definition) is 2. The van der Waals surface area contributed by atoms with Crippen molar-refractivity contribution in [2.24, 2.45) is 5.10 Å². The number of halogens is 3. The molecule has 0 bridgehead atoms. The fourth-order valence-corrected chi connectivity index (χ4v) is 2.80. The lowest BCUT2D eigenvalue weighted by Gasteiger charge is -2.10. The summed E-state index contributed by atoms with van der Waals surface area (Å²) in [6.07, 6.45) is 1.65. The first-order valence-electron chi connectivity index (χ1n) is 7.42. The number of nitrogens with one attached hydrogen (secondary N) is 2. The average molecular weight is 461 g/mol. The molecule has 0 aromatic heterocycles. The predicted molar refractivity (Wildman–Crippen MR) is 112 cm³/mol. The zero-order valence-electron chi connectivity index (χ0n) is 13.4. The van der Waals surface area contributed by atoms with Crippen LogP contribution >= 0.6 is 51.3 Å². The van der Waals surface area contributed by atoms with Crippen LogP contribution in [0.15, 0.2) is 46.0 Å². The quantitative estimate of drug-likeness (QED) is 0.355. The molecule has 0 aliphatic carbocycles. The number of hydrogen-bond acceptors (Lipinski definition) is 3. The Morgan fingerprint density at radius 1 is 1.24 bits per heavy atom. The molecule has 4 nitrogen and oxygen atoms in total. The first-order chi connectivity index (χ1) is 12.0. The second kappa shape index (κ2) is 9.97. The standard InChI is InChI=1S/C17H16BrCl2N3OS/c1-2-21-17(25)23-22-9-12-8-13(18)4-6-16(12)24-10-11-3-5-14(19)15(20)7-11/h3-9H,2,10H2,1H3,(H2,21,23,25)/b22-9-. The van der Waals surface area contributed by atoms with E-state index >= 15 is 0 Å². The van der Waals surface area contributed by atoms with Crippen molar-refractivity contribution in [3.63, 3.8) is 0 Å². The van der Waals surface area contributed by atoms with E-state index < -0.39 is 0 Å². The van der Waals surface area contributed by atoms with E-state index in [9.17, 15) is 0 Å². The van der Waals surface area contributed by atoms with Gasteiger partial charge in [0, 0.05) is 16.6 Å². The summed E-state index contributed by atoms with van der Waals surface area (Å²) in [5.74, 6) is 0.689. The smallest absolute Gasteiger partial charge is 0.186 e. The Kier molecular flexibility index (Phi) is 7.96. The van der Waals surface area contributed by atoms with Gasteiger partial charge in [-0.05, 0) is 55.0 Å². The highest BCUT2D eigenvalue weighted by molar-refractivity contribution is 9.10. The summed E-state index contributed by atoms with van der Waals surface area (Å²) in [7, 11) is 0. The zero-order chi connectivity index (χ0) is 18.2. The van der Waals surface area contributed by atoms with E-state index in [4.69, 9.17) is 40.2 Å². The molecule has 0 aliphatic heterocycles. The van der Waals surface area contributed by atoms with E-state index in [1.807, 2.05) is 31.2 Å². The van der Waals surface area contributed by atoms with Crippen molar-refractivity contribution in [1.82, 2.24) is 10.7 Å². The van der Waals surface area contributed by atoms with Gasteiger partial charge in [0.05, 0.1) is 16.3 Å². The molecule has 0 spiro atoms. The summed E-state index contributed by atoms with van der Waals surface area (Å²) in [6.45, 7) is 3.06. The molecule has 0 unspecified atom stereocenters. The maximum absolute atomic E-state index is 6.03. The summed E-state index contributed by atoms with van der Waals surface area (Å²) in [4.78, 5) is 0. The lowest BCUT2D eigenvalue weighted by atomic mass is 10.2. The fraction of sp³-hybridized carbons (Fsp3) is 0.176. The van der Waals surface area contributed by atoms with Crippen LogP contribution in [-0.2, 0) is 6.61 Å². The van der Waals surface area contributed by atoms with Crippen molar-refractivity contribution in [3.8, 4) is 5.75 Å². The van der Waals surface area contributed by atoms with Crippen LogP contribution in [0.2, 0.25) is 10.0 Å². The Morgan fingerprint density at radius 3 is 2.76 bits per heavy atom. The van der Waals surface area contributed by atoms with Crippen LogP contribution in [-0.4, -0.2) is 17.9 Å². The van der Waals surface area contributed by atoms with Crippen LogP contribution < -0.4 is 15.5 Å². The van der Waals surface area contributed by atoms with Gasteiger partial charge in [0.25, 0.3) is 0 Å². The minimum absolute atomic E-state index is 0.364. The molecule has 0 atom stereocenters. The van der Waals surface area contributed by atoms with Crippen LogP contribution in [0.5, 0.6) is 5.75 Å². The summed E-state index contributed by atoms with van der Waals surface area (Å²) in [5, 5.41) is 8.57. The molecule has 0 heterocycles. The molecule has 0 saturated carbocycles. The number of nitrogens with zero attached hydrogens (tertiary/aromatic N) is 1. The van der Waals surface area contributed by atoms with Gasteiger partial charge in [0.15, 0.2) is 5.11 Å². The van der Waals surface area contributed by atoms with E-state index in [0.29, 0.717) is 27.5 Å². The molecule has 132 valence electrons. The van der Waals surface area contributed by atoms with Gasteiger partial charge in [-0.3, -0.25) is 5.43 Å². The Hall–Kier alpha value is -1.34. The van der Waals surface area contributed by atoms with Crippen LogP contribution in [0.25, 0.3) is 0 Å². The molecule has 0 radical (unpaired) electrons. The first-order valence-corrected chi connectivity index (χ1v) is 9.38. The normalized spacial score (nSPS) is 10.7. The van der Waals surface area contributed by atoms with Crippen molar-refractivity contribution in [2.75, 3.05) is 6.54 Å². The molecule has 2 N–H and O–H groups in total. The van der Waals surface area contributed by atoms with E-state index in [-0.39, 0.29) is 0 Å². The van der Waals surface area contributed by atoms with Gasteiger partial charge in [-0.1, -0.05) is 45.2 Å². The molecule has 2 aromatic rings. The van der Waals surface area contributed by atoms with Crippen LogP contribution in [0.3, 0.4) is 0 Å². The van der Waals surface area contributed by atoms with Gasteiger partial charge in [0.1, 0.15) is 12.4 Å². The molecule has 0 aliphatic rings. The summed E-state index contributed by atoms with van der Waals surface area (Å²) in [5.41, 5.74) is 4.48. The van der Waals surface area contributed by atoms with Crippen LogP contribution in [0, 0.1) is 0 Å². The van der Waals surface area contributed by atoms with Crippen LogP contribution in [0.4, 0.5) is 0 Å². The third-order valence-corrected chi connectivity index (χ3v) is 4.53. The predicted octanol–water partition coefficient (Wildman–Crippen LogP) is 5.15. The number of rotatable bonds is 6. The second-order valence-electron chi connectivity index (χ2n) is 4.95. The first kappa shape index (κ1) is 20.0. The molecule has 0 fully saturated rings. The van der Waals surface area contributed by atoms with E-state index in [0.717, 1.165) is 22.1 Å². The van der Waals surface area contributed by atoms with Crippen molar-refractivity contribution >= 4 is 62.7 Å². The highest BCUT2D eigenvalue weighted by Crippen LogP contribution is 2.25. The zero-order valence-corrected chi connectivity index (χ0v) is 17.3. The average Bonchev–Trinajstić information content (AvgIpc) is 2.57. The minimum atomic E-state index is 0.364. The monoisotopic (exact) mass is 459 g/mol. The minimum Gasteiger partial charge on any atom is -0.488 e. The largest absolute Gasteiger partial charge is 0.488 e. The van der Waals surface area contributed by atoms with Gasteiger partial charge in [0.2, 0.25) is 0 Å². The molecule has 0 amide bonds. The highest BCUT2D eigenvalue weighted by Gasteiger charge is 2.05. The molecular weight excluding hydrogens is 445 g/mol. The maximum Gasteiger partial charge on any atom is 0.186 e. The maximum atomic E-state index is 6.03. The molecule has 2 rings (SSSR count). The summed E-state index contributed by atoms with van der Waals surface area (Å²) < 4.78 is 6.81. The van der Waals surface area contributed by atoms with Gasteiger partial charge >= 0.3 is 0 Å². The van der Waals surface area contributed by atoms with E-state index in [2.05, 4.69) is 31.8 Å². The molecule has 25 heavy (non-hydrogen) atoms. The second-order valence-corrected chi connectivity index (χ2v) is 7.09. The third kappa shape index (κ3) is 6.47. The molecular formula is C17H16BrCl2N3OS. The third-order valence-electron chi connectivity index (χ3n) is 3.06. The van der Waals surface area contributed by atoms with Crippen molar-refractivity contribution in [2.45, 2.75) is 13.5 Å². The Morgan fingerprint density at radius 2 is 2.04 bits per heavy atom. The lowest BCUT2D eigenvalue weighted by Crippen LogP contribution is -2.31. The van der Waals surface area contributed by atoms with Gasteiger partial charge in [-0.25, -0.2) is 0 Å². The fourth-order valence-electron chi connectivity index (χ4n) is 1.90. The Labute approximate surface area is 170 Å². The van der Waals surface area contributed by atoms with Gasteiger partial charge in [-0.15, -0.1) is 0 Å². The van der Waals surface area contributed by atoms with Crippen molar-refractivity contribution in [3.05, 3.63) is 62.0 Å². The van der Waals surface area contributed by atoms with Gasteiger partial charge in [-0.2, -0.15) is 5.10 Å².